The smallest absolute Gasteiger partial charge is 0.175 e. The zero-order valence-electron chi connectivity index (χ0n) is 12.8. The molecule has 0 aromatic heterocycles. The van der Waals surface area contributed by atoms with E-state index in [9.17, 15) is 8.42 Å². The molecule has 2 atom stereocenters. The average molecular weight is 311 g/mol. The first kappa shape index (κ1) is 16.5. The molecule has 1 aromatic carbocycles. The molecule has 0 saturated carbocycles. The molecule has 1 aliphatic heterocycles. The van der Waals surface area contributed by atoms with Crippen LogP contribution in [0.2, 0.25) is 0 Å². The average Bonchev–Trinajstić information content (AvgIpc) is 2.48. The number of nitrogens with one attached hydrogen (secondary N) is 1. The second-order valence-corrected chi connectivity index (χ2v) is 7.77. The first-order valence-electron chi connectivity index (χ1n) is 7.63. The summed E-state index contributed by atoms with van der Waals surface area (Å²) in [7, 11) is -3.17. The van der Waals surface area contributed by atoms with Gasteiger partial charge >= 0.3 is 0 Å². The highest BCUT2D eigenvalue weighted by Gasteiger charge is 2.25. The molecule has 1 aliphatic rings. The summed E-state index contributed by atoms with van der Waals surface area (Å²) in [5.74, 6) is 0.403. The topological polar surface area (TPSA) is 55.4 Å². The van der Waals surface area contributed by atoms with Crippen LogP contribution in [0.25, 0.3) is 0 Å². The molecule has 0 radical (unpaired) electrons. The van der Waals surface area contributed by atoms with E-state index in [0.717, 1.165) is 44.6 Å². The summed E-state index contributed by atoms with van der Waals surface area (Å²) in [6, 6.07) is 7.46. The van der Waals surface area contributed by atoms with Gasteiger partial charge in [0.15, 0.2) is 9.84 Å². The fourth-order valence-corrected chi connectivity index (χ4v) is 3.50. The monoisotopic (exact) mass is 311 g/mol. The van der Waals surface area contributed by atoms with Gasteiger partial charge in [0.05, 0.1) is 11.5 Å². The molecule has 4 nitrogen and oxygen atoms in total. The lowest BCUT2D eigenvalue weighted by Crippen LogP contribution is -2.34. The molecule has 2 rings (SSSR count). The SMILES string of the molecule is CCCNC(c1cccc(S(C)(=O)=O)c1)C1CCCOC1. The Morgan fingerprint density at radius 2 is 2.24 bits per heavy atom. The standard InChI is InChI=1S/C16H25NO3S/c1-3-9-17-16(14-7-5-10-20-12-14)13-6-4-8-15(11-13)21(2,18)19/h4,6,8,11,14,16-17H,3,5,7,9-10,12H2,1-2H3. The van der Waals surface area contributed by atoms with E-state index in [1.807, 2.05) is 12.1 Å². The first-order valence-corrected chi connectivity index (χ1v) is 9.52. The Morgan fingerprint density at radius 3 is 2.86 bits per heavy atom. The Labute approximate surface area is 127 Å². The predicted octanol–water partition coefficient (Wildman–Crippen LogP) is 2.56. The number of hydrogen-bond acceptors (Lipinski definition) is 4. The van der Waals surface area contributed by atoms with Gasteiger partial charge in [-0.2, -0.15) is 0 Å². The molecule has 2 unspecified atom stereocenters. The van der Waals surface area contributed by atoms with E-state index in [2.05, 4.69) is 12.2 Å². The minimum atomic E-state index is -3.17. The Balaban J connectivity index is 2.27. The minimum Gasteiger partial charge on any atom is -0.381 e. The van der Waals surface area contributed by atoms with Gasteiger partial charge < -0.3 is 10.1 Å². The lowest BCUT2D eigenvalue weighted by Gasteiger charge is -2.31. The summed E-state index contributed by atoms with van der Waals surface area (Å²) >= 11 is 0. The highest BCUT2D eigenvalue weighted by molar-refractivity contribution is 7.90. The van der Waals surface area contributed by atoms with E-state index in [4.69, 9.17) is 4.74 Å². The van der Waals surface area contributed by atoms with Crippen LogP contribution in [-0.4, -0.2) is 34.4 Å². The molecule has 118 valence electrons. The fourth-order valence-electron chi connectivity index (χ4n) is 2.82. The number of benzene rings is 1. The van der Waals surface area contributed by atoms with E-state index >= 15 is 0 Å². The van der Waals surface area contributed by atoms with E-state index < -0.39 is 9.84 Å². The van der Waals surface area contributed by atoms with Crippen LogP contribution >= 0.6 is 0 Å². The summed E-state index contributed by atoms with van der Waals surface area (Å²) in [5, 5.41) is 3.56. The van der Waals surface area contributed by atoms with Crippen LogP contribution in [0.5, 0.6) is 0 Å². The van der Waals surface area contributed by atoms with Gasteiger partial charge in [-0.25, -0.2) is 8.42 Å². The summed E-state index contributed by atoms with van der Waals surface area (Å²) < 4.78 is 29.1. The number of sulfone groups is 1. The third-order valence-corrected chi connectivity index (χ3v) is 5.04. The molecule has 1 aromatic rings. The summed E-state index contributed by atoms with van der Waals surface area (Å²) in [6.07, 6.45) is 4.49. The largest absolute Gasteiger partial charge is 0.381 e. The Kier molecular flexibility index (Phi) is 5.79. The van der Waals surface area contributed by atoms with Crippen LogP contribution in [0.3, 0.4) is 0 Å². The lowest BCUT2D eigenvalue weighted by molar-refractivity contribution is 0.0390. The van der Waals surface area contributed by atoms with Crippen molar-refractivity contribution in [1.82, 2.24) is 5.32 Å². The van der Waals surface area contributed by atoms with E-state index in [1.165, 1.54) is 6.26 Å². The van der Waals surface area contributed by atoms with Crippen molar-refractivity contribution in [3.05, 3.63) is 29.8 Å². The van der Waals surface area contributed by atoms with Crippen molar-refractivity contribution >= 4 is 9.84 Å². The fraction of sp³-hybridized carbons (Fsp3) is 0.625. The third-order valence-electron chi connectivity index (χ3n) is 3.93. The highest BCUT2D eigenvalue weighted by atomic mass is 32.2. The maximum absolute atomic E-state index is 11.8. The third kappa shape index (κ3) is 4.53. The van der Waals surface area contributed by atoms with Crippen molar-refractivity contribution in [2.75, 3.05) is 26.0 Å². The molecule has 5 heteroatoms. The van der Waals surface area contributed by atoms with Crippen LogP contribution in [0.4, 0.5) is 0 Å². The van der Waals surface area contributed by atoms with Gasteiger partial charge in [-0.05, 0) is 43.5 Å². The molecule has 0 spiro atoms. The molecule has 1 saturated heterocycles. The van der Waals surface area contributed by atoms with Crippen LogP contribution in [0.15, 0.2) is 29.2 Å². The van der Waals surface area contributed by atoms with Crippen LogP contribution in [-0.2, 0) is 14.6 Å². The molecular weight excluding hydrogens is 286 g/mol. The van der Waals surface area contributed by atoms with E-state index in [1.54, 1.807) is 12.1 Å². The van der Waals surface area contributed by atoms with Crippen molar-refractivity contribution < 1.29 is 13.2 Å². The van der Waals surface area contributed by atoms with Crippen LogP contribution in [0, 0.1) is 5.92 Å². The minimum absolute atomic E-state index is 0.159. The Bertz CT molecular complexity index is 550. The first-order chi connectivity index (χ1) is 10.0. The lowest BCUT2D eigenvalue weighted by atomic mass is 9.88. The zero-order valence-corrected chi connectivity index (χ0v) is 13.7. The normalized spacial score (nSPS) is 21.1. The number of hydrogen-bond donors (Lipinski definition) is 1. The van der Waals surface area contributed by atoms with Crippen molar-refractivity contribution in [2.24, 2.45) is 5.92 Å². The second-order valence-electron chi connectivity index (χ2n) is 5.75. The zero-order chi connectivity index (χ0) is 15.3. The molecule has 0 bridgehead atoms. The van der Waals surface area contributed by atoms with Crippen molar-refractivity contribution in [3.63, 3.8) is 0 Å². The number of rotatable bonds is 6. The van der Waals surface area contributed by atoms with E-state index in [0.29, 0.717) is 10.8 Å². The van der Waals surface area contributed by atoms with Crippen LogP contribution in [0.1, 0.15) is 37.8 Å². The maximum Gasteiger partial charge on any atom is 0.175 e. The van der Waals surface area contributed by atoms with Crippen molar-refractivity contribution in [3.8, 4) is 0 Å². The molecular formula is C16H25NO3S. The summed E-state index contributed by atoms with van der Waals surface area (Å²) in [5.41, 5.74) is 1.04. The van der Waals surface area contributed by atoms with Gasteiger partial charge in [-0.3, -0.25) is 0 Å². The summed E-state index contributed by atoms with van der Waals surface area (Å²) in [6.45, 7) is 4.63. The van der Waals surface area contributed by atoms with Gasteiger partial charge in [0.2, 0.25) is 0 Å². The van der Waals surface area contributed by atoms with Gasteiger partial charge in [-0.15, -0.1) is 0 Å². The van der Waals surface area contributed by atoms with Crippen molar-refractivity contribution in [2.45, 2.75) is 37.1 Å². The highest BCUT2D eigenvalue weighted by Crippen LogP contribution is 2.30. The summed E-state index contributed by atoms with van der Waals surface area (Å²) in [4.78, 5) is 0.389. The van der Waals surface area contributed by atoms with Gasteiger partial charge in [0.1, 0.15) is 0 Å². The van der Waals surface area contributed by atoms with Gasteiger partial charge in [-0.1, -0.05) is 19.1 Å². The molecule has 1 heterocycles. The van der Waals surface area contributed by atoms with E-state index in [-0.39, 0.29) is 6.04 Å². The molecule has 1 N–H and O–H groups in total. The van der Waals surface area contributed by atoms with Gasteiger partial charge in [0.25, 0.3) is 0 Å². The van der Waals surface area contributed by atoms with Crippen molar-refractivity contribution in [1.29, 1.82) is 0 Å². The quantitative estimate of drug-likeness (QED) is 0.877. The Morgan fingerprint density at radius 1 is 1.43 bits per heavy atom. The molecule has 0 amide bonds. The van der Waals surface area contributed by atoms with Crippen LogP contribution < -0.4 is 5.32 Å². The molecule has 1 fully saturated rings. The predicted molar refractivity (Wildman–Crippen MR) is 84.1 cm³/mol. The maximum atomic E-state index is 11.8. The second kappa shape index (κ2) is 7.38. The number of ether oxygens (including phenoxy) is 1. The Hall–Kier alpha value is -0.910. The molecule has 21 heavy (non-hydrogen) atoms. The molecule has 0 aliphatic carbocycles. The van der Waals surface area contributed by atoms with Gasteiger partial charge in [0, 0.05) is 24.8 Å².